The van der Waals surface area contributed by atoms with Gasteiger partial charge in [-0.3, -0.25) is 19.8 Å². The minimum Gasteiger partial charge on any atom is -0.457 e. The summed E-state index contributed by atoms with van der Waals surface area (Å²) in [7, 11) is 0. The van der Waals surface area contributed by atoms with Crippen molar-refractivity contribution in [2.75, 3.05) is 0 Å². The molecular weight excluding hydrogens is 430 g/mol. The largest absolute Gasteiger partial charge is 0.457 e. The van der Waals surface area contributed by atoms with Crippen LogP contribution < -0.4 is 0 Å². The van der Waals surface area contributed by atoms with E-state index >= 15 is 0 Å². The van der Waals surface area contributed by atoms with Gasteiger partial charge in [0.25, 0.3) is 5.69 Å². The zero-order valence-electron chi connectivity index (χ0n) is 17.6. The number of nitrogens with zero attached hydrogens (tertiary/aromatic N) is 3. The zero-order valence-corrected chi connectivity index (χ0v) is 18.4. The summed E-state index contributed by atoms with van der Waals surface area (Å²) in [6.45, 7) is 3.67. The Labute approximate surface area is 189 Å². The Balaban J connectivity index is 1.75. The molecule has 9 heteroatoms. The number of non-ortho nitro benzene ring substituents is 1. The fourth-order valence-electron chi connectivity index (χ4n) is 3.77. The number of nitro benzene ring substituents is 1. The summed E-state index contributed by atoms with van der Waals surface area (Å²) in [5.41, 5.74) is 1.81. The number of rotatable bonds is 6. The van der Waals surface area contributed by atoms with Crippen LogP contribution in [0.15, 0.2) is 70.9 Å². The van der Waals surface area contributed by atoms with Gasteiger partial charge in [0.05, 0.1) is 27.5 Å². The average Bonchev–Trinajstić information content (AvgIpc) is 3.12. The molecule has 2 unspecified atom stereocenters. The molecule has 2 aromatic carbocycles. The summed E-state index contributed by atoms with van der Waals surface area (Å²) < 4.78 is 5.56. The number of aliphatic imine (C=N–C) groups is 1. The maximum absolute atomic E-state index is 13.2. The molecule has 2 aromatic rings. The van der Waals surface area contributed by atoms with Crippen LogP contribution in [0.3, 0.4) is 0 Å². The summed E-state index contributed by atoms with van der Waals surface area (Å²) in [5.74, 6) is -0.781. The summed E-state index contributed by atoms with van der Waals surface area (Å²) in [5, 5.41) is 11.5. The number of amidine groups is 1. The first kappa shape index (κ1) is 21.8. The van der Waals surface area contributed by atoms with E-state index in [1.807, 2.05) is 37.3 Å². The Kier molecular flexibility index (Phi) is 6.09. The Morgan fingerprint density at radius 1 is 1.22 bits per heavy atom. The number of hydrogen-bond acceptors (Lipinski definition) is 7. The molecular formula is C23H21N3O5S. The second-order valence-electron chi connectivity index (χ2n) is 7.43. The molecule has 2 aliphatic heterocycles. The molecule has 2 heterocycles. The van der Waals surface area contributed by atoms with Crippen LogP contribution in [-0.4, -0.2) is 32.1 Å². The molecule has 0 spiro atoms. The first-order valence-corrected chi connectivity index (χ1v) is 11.0. The van der Waals surface area contributed by atoms with Crippen LogP contribution in [0.5, 0.6) is 0 Å². The topological polar surface area (TPSA) is 102 Å². The SMILES string of the molecule is CCC1SC2=NC(C)=C(C(=O)OCc3ccccc3)C(c3cccc([N+](=O)[O-])c3)N2C1=O. The predicted octanol–water partition coefficient (Wildman–Crippen LogP) is 4.38. The van der Waals surface area contributed by atoms with Crippen LogP contribution in [0.25, 0.3) is 0 Å². The second kappa shape index (κ2) is 8.96. The maximum Gasteiger partial charge on any atom is 0.338 e. The third-order valence-corrected chi connectivity index (χ3v) is 6.67. The van der Waals surface area contributed by atoms with E-state index in [1.54, 1.807) is 19.1 Å². The smallest absolute Gasteiger partial charge is 0.338 e. The molecule has 0 bridgehead atoms. The van der Waals surface area contributed by atoms with Crippen molar-refractivity contribution in [3.8, 4) is 0 Å². The molecule has 4 rings (SSSR count). The van der Waals surface area contributed by atoms with Crippen molar-refractivity contribution in [3.05, 3.63) is 87.1 Å². The summed E-state index contributed by atoms with van der Waals surface area (Å²) in [6, 6.07) is 14.4. The summed E-state index contributed by atoms with van der Waals surface area (Å²) >= 11 is 1.35. The number of hydrogen-bond donors (Lipinski definition) is 0. The lowest BCUT2D eigenvalue weighted by molar-refractivity contribution is -0.384. The molecule has 0 N–H and O–H groups in total. The number of benzene rings is 2. The molecule has 1 saturated heterocycles. The number of carbonyl (C=O) groups is 2. The normalized spacial score (nSPS) is 20.1. The minimum atomic E-state index is -0.845. The molecule has 2 aliphatic rings. The van der Waals surface area contributed by atoms with E-state index in [-0.39, 0.29) is 29.0 Å². The van der Waals surface area contributed by atoms with Crippen LogP contribution in [0.1, 0.15) is 37.4 Å². The van der Waals surface area contributed by atoms with Gasteiger partial charge in [0, 0.05) is 12.1 Å². The van der Waals surface area contributed by atoms with Crippen LogP contribution in [0, 0.1) is 10.1 Å². The number of thioether (sulfide) groups is 1. The third kappa shape index (κ3) is 4.03. The van der Waals surface area contributed by atoms with Crippen LogP contribution >= 0.6 is 11.8 Å². The van der Waals surface area contributed by atoms with Gasteiger partial charge in [-0.25, -0.2) is 9.79 Å². The lowest BCUT2D eigenvalue weighted by Crippen LogP contribution is -2.40. The highest BCUT2D eigenvalue weighted by Crippen LogP contribution is 2.44. The van der Waals surface area contributed by atoms with Gasteiger partial charge in [0.15, 0.2) is 5.17 Å². The van der Waals surface area contributed by atoms with Crippen molar-refractivity contribution in [2.45, 2.75) is 38.2 Å². The number of esters is 1. The van der Waals surface area contributed by atoms with Gasteiger partial charge in [-0.2, -0.15) is 0 Å². The highest BCUT2D eigenvalue weighted by Gasteiger charge is 2.47. The number of amides is 1. The standard InChI is InChI=1S/C23H21N3O5S/c1-3-18-21(27)25-20(16-10-7-11-17(12-16)26(29)30)19(14(2)24-23(25)32-18)22(28)31-13-15-8-5-4-6-9-15/h4-12,18,20H,3,13H2,1-2H3. The van der Waals surface area contributed by atoms with Gasteiger partial charge < -0.3 is 4.74 Å². The Morgan fingerprint density at radius 2 is 1.97 bits per heavy atom. The Hall–Kier alpha value is -3.46. The summed E-state index contributed by atoms with van der Waals surface area (Å²) in [4.78, 5) is 43.2. The van der Waals surface area contributed by atoms with Crippen LogP contribution in [0.2, 0.25) is 0 Å². The number of fused-ring (bicyclic) bond motifs is 1. The van der Waals surface area contributed by atoms with E-state index in [0.29, 0.717) is 22.8 Å². The predicted molar refractivity (Wildman–Crippen MR) is 121 cm³/mol. The number of ether oxygens (including phenoxy) is 1. The van der Waals surface area contributed by atoms with Gasteiger partial charge in [0.1, 0.15) is 6.61 Å². The molecule has 2 atom stereocenters. The molecule has 1 amide bonds. The van der Waals surface area contributed by atoms with Crippen molar-refractivity contribution >= 4 is 34.5 Å². The fraction of sp³-hybridized carbons (Fsp3) is 0.261. The lowest BCUT2D eigenvalue weighted by atomic mass is 9.94. The van der Waals surface area contributed by atoms with E-state index < -0.39 is 16.9 Å². The Morgan fingerprint density at radius 3 is 2.66 bits per heavy atom. The number of allylic oxidation sites excluding steroid dienone is 1. The van der Waals surface area contributed by atoms with Crippen molar-refractivity contribution in [1.82, 2.24) is 4.90 Å². The molecule has 1 fully saturated rings. The van der Waals surface area contributed by atoms with Gasteiger partial charge in [0.2, 0.25) is 5.91 Å². The monoisotopic (exact) mass is 451 g/mol. The van der Waals surface area contributed by atoms with Crippen molar-refractivity contribution in [3.63, 3.8) is 0 Å². The third-order valence-electron chi connectivity index (χ3n) is 5.35. The van der Waals surface area contributed by atoms with E-state index in [2.05, 4.69) is 4.99 Å². The van der Waals surface area contributed by atoms with Crippen LogP contribution in [-0.2, 0) is 20.9 Å². The first-order chi connectivity index (χ1) is 15.4. The van der Waals surface area contributed by atoms with Gasteiger partial charge in [-0.1, -0.05) is 61.2 Å². The second-order valence-corrected chi connectivity index (χ2v) is 8.60. The van der Waals surface area contributed by atoms with Crippen molar-refractivity contribution in [2.24, 2.45) is 4.99 Å². The van der Waals surface area contributed by atoms with Crippen molar-refractivity contribution in [1.29, 1.82) is 0 Å². The zero-order chi connectivity index (χ0) is 22.8. The quantitative estimate of drug-likeness (QED) is 0.367. The van der Waals surface area contributed by atoms with Crippen LogP contribution in [0.4, 0.5) is 5.69 Å². The van der Waals surface area contributed by atoms with Gasteiger partial charge in [-0.15, -0.1) is 0 Å². The molecule has 8 nitrogen and oxygen atoms in total. The van der Waals surface area contributed by atoms with E-state index in [4.69, 9.17) is 4.74 Å². The van der Waals surface area contributed by atoms with E-state index in [0.717, 1.165) is 5.56 Å². The van der Waals surface area contributed by atoms with Crippen molar-refractivity contribution < 1.29 is 19.2 Å². The molecule has 0 radical (unpaired) electrons. The molecule has 0 aliphatic carbocycles. The van der Waals surface area contributed by atoms with E-state index in [1.165, 1.54) is 28.8 Å². The number of carbonyl (C=O) groups excluding carboxylic acids is 2. The maximum atomic E-state index is 13.2. The minimum absolute atomic E-state index is 0.0644. The summed E-state index contributed by atoms with van der Waals surface area (Å²) in [6.07, 6.45) is 0.605. The molecule has 32 heavy (non-hydrogen) atoms. The molecule has 164 valence electrons. The molecule has 0 aromatic heterocycles. The fourth-order valence-corrected chi connectivity index (χ4v) is 4.91. The average molecular weight is 452 g/mol. The van der Waals surface area contributed by atoms with Gasteiger partial charge in [-0.05, 0) is 24.5 Å². The highest BCUT2D eigenvalue weighted by molar-refractivity contribution is 8.15. The lowest BCUT2D eigenvalue weighted by Gasteiger charge is -2.33. The molecule has 0 saturated carbocycles. The highest BCUT2D eigenvalue weighted by atomic mass is 32.2. The first-order valence-electron chi connectivity index (χ1n) is 10.1. The van der Waals surface area contributed by atoms with Gasteiger partial charge >= 0.3 is 5.97 Å². The number of nitro groups is 1. The Bertz CT molecular complexity index is 1150. The van der Waals surface area contributed by atoms with E-state index in [9.17, 15) is 19.7 Å².